The first-order valence-corrected chi connectivity index (χ1v) is 8.65. The summed E-state index contributed by atoms with van der Waals surface area (Å²) in [5.74, 6) is 1.62. The Bertz CT molecular complexity index is 499. The molecule has 1 aromatic rings. The molecule has 5 nitrogen and oxygen atoms in total. The summed E-state index contributed by atoms with van der Waals surface area (Å²) in [6, 6.07) is 5.61. The molecule has 1 saturated heterocycles. The second-order valence-electron chi connectivity index (χ2n) is 5.87. The van der Waals surface area contributed by atoms with Crippen molar-refractivity contribution >= 4 is 11.6 Å². The third-order valence-electron chi connectivity index (χ3n) is 3.84. The van der Waals surface area contributed by atoms with Gasteiger partial charge in [-0.2, -0.15) is 0 Å². The Morgan fingerprint density at radius 1 is 1.13 bits per heavy atom. The highest BCUT2D eigenvalue weighted by molar-refractivity contribution is 5.93. The predicted molar refractivity (Wildman–Crippen MR) is 92.2 cm³/mol. The summed E-state index contributed by atoms with van der Waals surface area (Å²) in [5, 5.41) is 6.29. The number of rotatable bonds is 8. The van der Waals surface area contributed by atoms with Crippen LogP contribution in [0.1, 0.15) is 39.5 Å². The molecule has 0 aromatic heterocycles. The van der Waals surface area contributed by atoms with E-state index >= 15 is 0 Å². The average molecular weight is 320 g/mol. The molecule has 0 spiro atoms. The second-order valence-corrected chi connectivity index (χ2v) is 5.87. The SMILES string of the molecule is CCCOc1ccc(NC(=O)C2CCNCC2)cc1OCCC. The molecule has 1 amide bonds. The van der Waals surface area contributed by atoms with Crippen LogP contribution in [0.4, 0.5) is 5.69 Å². The summed E-state index contributed by atoms with van der Waals surface area (Å²) in [7, 11) is 0. The number of piperidine rings is 1. The van der Waals surface area contributed by atoms with Crippen LogP contribution in [0.3, 0.4) is 0 Å². The lowest BCUT2D eigenvalue weighted by Crippen LogP contribution is -2.34. The van der Waals surface area contributed by atoms with Gasteiger partial charge in [-0.1, -0.05) is 13.8 Å². The van der Waals surface area contributed by atoms with E-state index < -0.39 is 0 Å². The summed E-state index contributed by atoms with van der Waals surface area (Å²) in [6.07, 6.45) is 3.66. The van der Waals surface area contributed by atoms with Gasteiger partial charge in [-0.05, 0) is 50.9 Å². The number of benzene rings is 1. The first kappa shape index (κ1) is 17.6. The van der Waals surface area contributed by atoms with Crippen LogP contribution in [0.5, 0.6) is 11.5 Å². The van der Waals surface area contributed by atoms with E-state index in [9.17, 15) is 4.79 Å². The minimum Gasteiger partial charge on any atom is -0.490 e. The summed E-state index contributed by atoms with van der Waals surface area (Å²) >= 11 is 0. The van der Waals surface area contributed by atoms with Gasteiger partial charge in [-0.3, -0.25) is 4.79 Å². The molecule has 0 radical (unpaired) electrons. The van der Waals surface area contributed by atoms with E-state index in [0.29, 0.717) is 19.0 Å². The standard InChI is InChI=1S/C18H28N2O3/c1-3-11-22-16-6-5-15(13-17(16)23-12-4-2)20-18(21)14-7-9-19-10-8-14/h5-6,13-14,19H,3-4,7-12H2,1-2H3,(H,20,21). The second kappa shape index (κ2) is 9.40. The summed E-state index contributed by atoms with van der Waals surface area (Å²) in [4.78, 5) is 12.3. The quantitative estimate of drug-likeness (QED) is 0.772. The van der Waals surface area contributed by atoms with Gasteiger partial charge >= 0.3 is 0 Å². The minimum atomic E-state index is 0.0901. The molecule has 0 unspecified atom stereocenters. The van der Waals surface area contributed by atoms with Crippen LogP contribution in [-0.2, 0) is 4.79 Å². The van der Waals surface area contributed by atoms with Gasteiger partial charge in [0.15, 0.2) is 11.5 Å². The Morgan fingerprint density at radius 3 is 2.43 bits per heavy atom. The topological polar surface area (TPSA) is 59.6 Å². The Hall–Kier alpha value is -1.75. The molecule has 1 heterocycles. The zero-order valence-electron chi connectivity index (χ0n) is 14.2. The van der Waals surface area contributed by atoms with E-state index in [1.54, 1.807) is 0 Å². The summed E-state index contributed by atoms with van der Waals surface area (Å²) in [6.45, 7) is 7.24. The number of ether oxygens (including phenoxy) is 2. The molecule has 2 rings (SSSR count). The third-order valence-corrected chi connectivity index (χ3v) is 3.84. The molecular formula is C18H28N2O3. The van der Waals surface area contributed by atoms with Crippen LogP contribution in [0.25, 0.3) is 0 Å². The van der Waals surface area contributed by atoms with Crippen LogP contribution in [0.15, 0.2) is 18.2 Å². The molecule has 1 aliphatic rings. The first-order valence-electron chi connectivity index (χ1n) is 8.65. The van der Waals surface area contributed by atoms with Crippen molar-refractivity contribution in [1.82, 2.24) is 5.32 Å². The highest BCUT2D eigenvalue weighted by Gasteiger charge is 2.21. The van der Waals surface area contributed by atoms with Crippen molar-refractivity contribution in [3.05, 3.63) is 18.2 Å². The summed E-state index contributed by atoms with van der Waals surface area (Å²) < 4.78 is 11.5. The number of carbonyl (C=O) groups excluding carboxylic acids is 1. The Labute approximate surface area is 138 Å². The van der Waals surface area contributed by atoms with Gasteiger partial charge in [0.25, 0.3) is 0 Å². The van der Waals surface area contributed by atoms with E-state index in [4.69, 9.17) is 9.47 Å². The Kier molecular flexibility index (Phi) is 7.20. The van der Waals surface area contributed by atoms with Crippen LogP contribution < -0.4 is 20.1 Å². The number of hydrogen-bond donors (Lipinski definition) is 2. The van der Waals surface area contributed by atoms with Gasteiger partial charge in [-0.25, -0.2) is 0 Å². The van der Waals surface area contributed by atoms with Crippen molar-refractivity contribution in [3.63, 3.8) is 0 Å². The Morgan fingerprint density at radius 2 is 1.78 bits per heavy atom. The maximum Gasteiger partial charge on any atom is 0.227 e. The predicted octanol–water partition coefficient (Wildman–Crippen LogP) is 3.20. The highest BCUT2D eigenvalue weighted by atomic mass is 16.5. The lowest BCUT2D eigenvalue weighted by Gasteiger charge is -2.22. The van der Waals surface area contributed by atoms with E-state index in [-0.39, 0.29) is 11.8 Å². The van der Waals surface area contributed by atoms with Gasteiger partial charge in [0.05, 0.1) is 13.2 Å². The monoisotopic (exact) mass is 320 g/mol. The highest BCUT2D eigenvalue weighted by Crippen LogP contribution is 2.31. The lowest BCUT2D eigenvalue weighted by atomic mass is 9.97. The van der Waals surface area contributed by atoms with Crippen molar-refractivity contribution in [2.24, 2.45) is 5.92 Å². The molecule has 1 fully saturated rings. The minimum absolute atomic E-state index is 0.0901. The van der Waals surface area contributed by atoms with Crippen LogP contribution in [-0.4, -0.2) is 32.2 Å². The molecule has 0 atom stereocenters. The van der Waals surface area contributed by atoms with Crippen molar-refractivity contribution in [2.45, 2.75) is 39.5 Å². The van der Waals surface area contributed by atoms with Crippen LogP contribution in [0.2, 0.25) is 0 Å². The average Bonchev–Trinajstić information content (AvgIpc) is 2.59. The fraction of sp³-hybridized carbons (Fsp3) is 0.611. The van der Waals surface area contributed by atoms with Gasteiger partial charge < -0.3 is 20.1 Å². The Balaban J connectivity index is 2.04. The molecule has 0 bridgehead atoms. The lowest BCUT2D eigenvalue weighted by molar-refractivity contribution is -0.120. The molecule has 5 heteroatoms. The molecule has 0 aliphatic carbocycles. The van der Waals surface area contributed by atoms with E-state index in [1.807, 2.05) is 18.2 Å². The maximum absolute atomic E-state index is 12.3. The van der Waals surface area contributed by atoms with Crippen molar-refractivity contribution in [2.75, 3.05) is 31.6 Å². The number of amides is 1. The maximum atomic E-state index is 12.3. The number of nitrogens with one attached hydrogen (secondary N) is 2. The van der Waals surface area contributed by atoms with Gasteiger partial charge in [-0.15, -0.1) is 0 Å². The number of hydrogen-bond acceptors (Lipinski definition) is 4. The van der Waals surface area contributed by atoms with Gasteiger partial charge in [0, 0.05) is 17.7 Å². The number of anilines is 1. The van der Waals surface area contributed by atoms with E-state index in [0.717, 1.165) is 50.2 Å². The number of carbonyl (C=O) groups is 1. The van der Waals surface area contributed by atoms with Crippen LogP contribution >= 0.6 is 0 Å². The normalized spacial score (nSPS) is 15.2. The molecular weight excluding hydrogens is 292 g/mol. The van der Waals surface area contributed by atoms with Crippen LogP contribution in [0, 0.1) is 5.92 Å². The summed E-state index contributed by atoms with van der Waals surface area (Å²) in [5.41, 5.74) is 0.767. The van der Waals surface area contributed by atoms with Gasteiger partial charge in [0.1, 0.15) is 0 Å². The van der Waals surface area contributed by atoms with Crippen molar-refractivity contribution in [3.8, 4) is 11.5 Å². The largest absolute Gasteiger partial charge is 0.490 e. The molecule has 0 saturated carbocycles. The molecule has 23 heavy (non-hydrogen) atoms. The fourth-order valence-electron chi connectivity index (χ4n) is 2.57. The zero-order chi connectivity index (χ0) is 16.5. The fourth-order valence-corrected chi connectivity index (χ4v) is 2.57. The van der Waals surface area contributed by atoms with E-state index in [2.05, 4.69) is 24.5 Å². The molecule has 1 aliphatic heterocycles. The first-order chi connectivity index (χ1) is 11.2. The zero-order valence-corrected chi connectivity index (χ0v) is 14.2. The van der Waals surface area contributed by atoms with Crippen molar-refractivity contribution < 1.29 is 14.3 Å². The van der Waals surface area contributed by atoms with Gasteiger partial charge in [0.2, 0.25) is 5.91 Å². The third kappa shape index (κ3) is 5.43. The molecule has 128 valence electrons. The van der Waals surface area contributed by atoms with E-state index in [1.165, 1.54) is 0 Å². The van der Waals surface area contributed by atoms with Crippen molar-refractivity contribution in [1.29, 1.82) is 0 Å². The molecule has 2 N–H and O–H groups in total. The smallest absolute Gasteiger partial charge is 0.227 e. The molecule has 1 aromatic carbocycles.